The summed E-state index contributed by atoms with van der Waals surface area (Å²) in [5.74, 6) is -4.59. The summed E-state index contributed by atoms with van der Waals surface area (Å²) in [6.07, 6.45) is -0.599. The lowest BCUT2D eigenvalue weighted by atomic mass is 10.1. The Kier molecular flexibility index (Phi) is 8.20. The van der Waals surface area contributed by atoms with Crippen molar-refractivity contribution in [2.45, 2.75) is 52.4 Å². The van der Waals surface area contributed by atoms with Crippen molar-refractivity contribution in [3.8, 4) is 5.75 Å². The van der Waals surface area contributed by atoms with Gasteiger partial charge in [-0.25, -0.2) is 4.79 Å². The van der Waals surface area contributed by atoms with E-state index in [-0.39, 0.29) is 26.4 Å². The van der Waals surface area contributed by atoms with Crippen LogP contribution in [-0.2, 0) is 38.1 Å². The van der Waals surface area contributed by atoms with Crippen LogP contribution in [0.25, 0.3) is 0 Å². The lowest BCUT2D eigenvalue weighted by Crippen LogP contribution is -2.60. The van der Waals surface area contributed by atoms with Gasteiger partial charge in [0, 0.05) is 25.2 Å². The quantitative estimate of drug-likeness (QED) is 0.432. The minimum Gasteiger partial charge on any atom is -0.482 e. The Bertz CT molecular complexity index is 861. The summed E-state index contributed by atoms with van der Waals surface area (Å²) in [5, 5.41) is 0. The number of morpholine rings is 1. The SMILES string of the molecule is CCOC(=O)COc1cccc(N2CCOC(CC(=O)OC(C)(C)C)(OC(C)=O)C2=O)c1. The molecule has 2 rings (SSSR count). The molecule has 1 aromatic carbocycles. The van der Waals surface area contributed by atoms with Crippen molar-refractivity contribution in [2.24, 2.45) is 0 Å². The topological polar surface area (TPSA) is 118 Å². The normalized spacial score (nSPS) is 18.7. The van der Waals surface area contributed by atoms with Crippen LogP contribution in [0.2, 0.25) is 0 Å². The Balaban J connectivity index is 2.25. The minimum absolute atomic E-state index is 0.00965. The van der Waals surface area contributed by atoms with Crippen LogP contribution in [0.1, 0.15) is 41.0 Å². The molecule has 1 aliphatic heterocycles. The van der Waals surface area contributed by atoms with E-state index in [1.807, 2.05) is 0 Å². The van der Waals surface area contributed by atoms with Crippen molar-refractivity contribution in [3.63, 3.8) is 0 Å². The fraction of sp³-hybridized carbons (Fsp3) is 0.545. The minimum atomic E-state index is -2.14. The van der Waals surface area contributed by atoms with Crippen LogP contribution < -0.4 is 9.64 Å². The van der Waals surface area contributed by atoms with E-state index in [4.69, 9.17) is 23.7 Å². The third kappa shape index (κ3) is 6.94. The first-order valence-electron chi connectivity index (χ1n) is 10.2. The summed E-state index contributed by atoms with van der Waals surface area (Å²) in [7, 11) is 0. The van der Waals surface area contributed by atoms with Gasteiger partial charge in [-0.15, -0.1) is 0 Å². The van der Waals surface area contributed by atoms with E-state index >= 15 is 0 Å². The van der Waals surface area contributed by atoms with Gasteiger partial charge in [0.25, 0.3) is 0 Å². The molecule has 1 saturated heterocycles. The van der Waals surface area contributed by atoms with Crippen LogP contribution in [0.5, 0.6) is 5.75 Å². The number of anilines is 1. The standard InChI is InChI=1S/C22H29NO9/c1-6-28-19(26)14-29-17-9-7-8-16(12-17)23-10-11-30-22(20(23)27,31-15(2)24)13-18(25)32-21(3,4)5/h7-9,12H,6,10-11,13-14H2,1-5H3. The van der Waals surface area contributed by atoms with Crippen molar-refractivity contribution >= 4 is 29.5 Å². The van der Waals surface area contributed by atoms with E-state index in [1.54, 1.807) is 52.0 Å². The van der Waals surface area contributed by atoms with Gasteiger partial charge >= 0.3 is 29.6 Å². The maximum Gasteiger partial charge on any atom is 0.344 e. The summed E-state index contributed by atoms with van der Waals surface area (Å²) in [6.45, 7) is 7.96. The molecule has 10 heteroatoms. The average Bonchev–Trinajstić information content (AvgIpc) is 2.67. The summed E-state index contributed by atoms with van der Waals surface area (Å²) in [6, 6.07) is 6.45. The van der Waals surface area contributed by atoms with Gasteiger partial charge in [0.05, 0.1) is 13.2 Å². The Morgan fingerprint density at radius 1 is 1.19 bits per heavy atom. The molecule has 0 aliphatic carbocycles. The predicted octanol–water partition coefficient (Wildman–Crippen LogP) is 1.98. The zero-order chi connectivity index (χ0) is 23.9. The van der Waals surface area contributed by atoms with Crippen LogP contribution in [0.4, 0.5) is 5.69 Å². The molecule has 1 fully saturated rings. The number of rotatable bonds is 8. The van der Waals surface area contributed by atoms with Crippen molar-refractivity contribution < 1.29 is 42.9 Å². The second-order valence-corrected chi connectivity index (χ2v) is 8.01. The maximum atomic E-state index is 13.3. The zero-order valence-electron chi connectivity index (χ0n) is 19.0. The first kappa shape index (κ1) is 25.1. The second-order valence-electron chi connectivity index (χ2n) is 8.01. The fourth-order valence-corrected chi connectivity index (χ4v) is 3.04. The first-order chi connectivity index (χ1) is 15.0. The van der Waals surface area contributed by atoms with Gasteiger partial charge in [0.1, 0.15) is 17.8 Å². The third-order valence-corrected chi connectivity index (χ3v) is 4.12. The van der Waals surface area contributed by atoms with Crippen LogP contribution in [0.15, 0.2) is 24.3 Å². The van der Waals surface area contributed by atoms with E-state index in [1.165, 1.54) is 4.90 Å². The van der Waals surface area contributed by atoms with Crippen molar-refractivity contribution in [3.05, 3.63) is 24.3 Å². The molecule has 1 amide bonds. The highest BCUT2D eigenvalue weighted by Gasteiger charge is 2.51. The molecule has 1 aliphatic rings. The molecule has 0 radical (unpaired) electrons. The summed E-state index contributed by atoms with van der Waals surface area (Å²) in [5.41, 5.74) is -0.378. The predicted molar refractivity (Wildman–Crippen MR) is 112 cm³/mol. The molecule has 10 nitrogen and oxygen atoms in total. The summed E-state index contributed by atoms with van der Waals surface area (Å²) < 4.78 is 26.3. The summed E-state index contributed by atoms with van der Waals surface area (Å²) >= 11 is 0. The van der Waals surface area contributed by atoms with Gasteiger partial charge in [-0.2, -0.15) is 0 Å². The monoisotopic (exact) mass is 451 g/mol. The number of hydrogen-bond donors (Lipinski definition) is 0. The number of carbonyl (C=O) groups excluding carboxylic acids is 4. The van der Waals surface area contributed by atoms with Crippen LogP contribution >= 0.6 is 0 Å². The fourth-order valence-electron chi connectivity index (χ4n) is 3.04. The molecule has 176 valence electrons. The highest BCUT2D eigenvalue weighted by molar-refractivity contribution is 6.02. The van der Waals surface area contributed by atoms with Crippen LogP contribution in [0, 0.1) is 0 Å². The van der Waals surface area contributed by atoms with Gasteiger partial charge in [-0.05, 0) is 39.8 Å². The Hall–Kier alpha value is -3.14. The molecule has 1 atom stereocenters. The van der Waals surface area contributed by atoms with Gasteiger partial charge < -0.3 is 28.6 Å². The molecule has 0 spiro atoms. The smallest absolute Gasteiger partial charge is 0.344 e. The van der Waals surface area contributed by atoms with Crippen LogP contribution in [-0.4, -0.2) is 61.6 Å². The number of esters is 3. The molecule has 0 aromatic heterocycles. The summed E-state index contributed by atoms with van der Waals surface area (Å²) in [4.78, 5) is 50.4. The van der Waals surface area contributed by atoms with Gasteiger partial charge in [-0.3, -0.25) is 14.4 Å². The Morgan fingerprint density at radius 2 is 1.91 bits per heavy atom. The Labute approximate surface area is 186 Å². The molecule has 1 heterocycles. The first-order valence-corrected chi connectivity index (χ1v) is 10.2. The molecule has 0 bridgehead atoms. The number of benzene rings is 1. The molecule has 1 aromatic rings. The maximum absolute atomic E-state index is 13.3. The number of amides is 1. The molecular formula is C22H29NO9. The van der Waals surface area contributed by atoms with Crippen molar-refractivity contribution in [2.75, 3.05) is 31.3 Å². The van der Waals surface area contributed by atoms with E-state index < -0.39 is 41.6 Å². The average molecular weight is 451 g/mol. The lowest BCUT2D eigenvalue weighted by molar-refractivity contribution is -0.236. The van der Waals surface area contributed by atoms with Gasteiger partial charge in [-0.1, -0.05) is 6.07 Å². The van der Waals surface area contributed by atoms with E-state index in [2.05, 4.69) is 0 Å². The van der Waals surface area contributed by atoms with Crippen molar-refractivity contribution in [1.82, 2.24) is 0 Å². The number of hydrogen-bond acceptors (Lipinski definition) is 9. The molecule has 0 saturated carbocycles. The highest BCUT2D eigenvalue weighted by atomic mass is 16.7. The van der Waals surface area contributed by atoms with E-state index in [9.17, 15) is 19.2 Å². The number of nitrogens with zero attached hydrogens (tertiary/aromatic N) is 1. The van der Waals surface area contributed by atoms with E-state index in [0.29, 0.717) is 11.4 Å². The largest absolute Gasteiger partial charge is 0.482 e. The second kappa shape index (κ2) is 10.4. The lowest BCUT2D eigenvalue weighted by Gasteiger charge is -2.40. The Morgan fingerprint density at radius 3 is 2.53 bits per heavy atom. The molecule has 0 N–H and O–H groups in total. The van der Waals surface area contributed by atoms with Crippen molar-refractivity contribution in [1.29, 1.82) is 0 Å². The third-order valence-electron chi connectivity index (χ3n) is 4.12. The van der Waals surface area contributed by atoms with Gasteiger partial charge in [0.15, 0.2) is 6.61 Å². The number of carbonyl (C=O) groups is 4. The van der Waals surface area contributed by atoms with E-state index in [0.717, 1.165) is 6.92 Å². The molecular weight excluding hydrogens is 422 g/mol. The van der Waals surface area contributed by atoms with Crippen LogP contribution in [0.3, 0.4) is 0 Å². The number of ether oxygens (including phenoxy) is 5. The van der Waals surface area contributed by atoms with Gasteiger partial charge in [0.2, 0.25) is 0 Å². The molecule has 1 unspecified atom stereocenters. The molecule has 32 heavy (non-hydrogen) atoms. The highest BCUT2D eigenvalue weighted by Crippen LogP contribution is 2.31. The zero-order valence-corrected chi connectivity index (χ0v) is 19.0.